The number of nitro groups is 1. The van der Waals surface area contributed by atoms with Crippen LogP contribution in [0.1, 0.15) is 22.3 Å². The minimum absolute atomic E-state index is 0.113. The first-order valence-electron chi connectivity index (χ1n) is 9.19. The van der Waals surface area contributed by atoms with Gasteiger partial charge in [0.15, 0.2) is 11.5 Å². The number of hydrogen-bond donors (Lipinski definition) is 1. The maximum Gasteiger partial charge on any atom is 0.273 e. The molecule has 1 saturated heterocycles. The average molecular weight is 397 g/mol. The Bertz CT molecular complexity index is 1010. The molecule has 2 heterocycles. The molecule has 1 N–H and O–H groups in total. The van der Waals surface area contributed by atoms with Crippen LogP contribution in [0.3, 0.4) is 0 Å². The second-order valence-electron chi connectivity index (χ2n) is 6.91. The number of hydrogen-bond acceptors (Lipinski definition) is 6. The van der Waals surface area contributed by atoms with E-state index in [1.807, 2.05) is 0 Å². The van der Waals surface area contributed by atoms with Gasteiger partial charge in [0, 0.05) is 41.9 Å². The van der Waals surface area contributed by atoms with E-state index in [0.29, 0.717) is 42.5 Å². The Morgan fingerprint density at radius 1 is 1.21 bits per heavy atom. The van der Waals surface area contributed by atoms with Crippen LogP contribution in [-0.2, 0) is 4.79 Å². The lowest BCUT2D eigenvalue weighted by atomic mass is 10.1. The van der Waals surface area contributed by atoms with Gasteiger partial charge in [-0.3, -0.25) is 19.7 Å². The number of amides is 2. The fourth-order valence-corrected chi connectivity index (χ4v) is 3.58. The monoisotopic (exact) mass is 397 g/mol. The Balaban J connectivity index is 1.48. The van der Waals surface area contributed by atoms with Crippen molar-refractivity contribution in [2.24, 2.45) is 0 Å². The number of ether oxygens (including phenoxy) is 2. The average Bonchev–Trinajstić information content (AvgIpc) is 3.07. The maximum atomic E-state index is 12.6. The molecule has 9 nitrogen and oxygen atoms in total. The van der Waals surface area contributed by atoms with Crippen LogP contribution in [0.2, 0.25) is 0 Å². The van der Waals surface area contributed by atoms with E-state index in [2.05, 4.69) is 5.32 Å². The number of carbonyl (C=O) groups excluding carboxylic acids is 2. The summed E-state index contributed by atoms with van der Waals surface area (Å²) in [7, 11) is 0. The summed E-state index contributed by atoms with van der Waals surface area (Å²) in [5.74, 6) is 0.662. The zero-order valence-electron chi connectivity index (χ0n) is 15.7. The van der Waals surface area contributed by atoms with Crippen LogP contribution in [-0.4, -0.2) is 42.5 Å². The molecule has 4 rings (SSSR count). The summed E-state index contributed by atoms with van der Waals surface area (Å²) in [5, 5.41) is 13.9. The molecule has 150 valence electrons. The zero-order valence-corrected chi connectivity index (χ0v) is 15.7. The fourth-order valence-electron chi connectivity index (χ4n) is 3.58. The largest absolute Gasteiger partial charge is 0.486 e. The molecule has 1 fully saturated rings. The van der Waals surface area contributed by atoms with Crippen molar-refractivity contribution in [3.05, 3.63) is 57.6 Å². The van der Waals surface area contributed by atoms with Crippen molar-refractivity contribution in [2.45, 2.75) is 19.4 Å². The normalized spacial score (nSPS) is 17.9. The van der Waals surface area contributed by atoms with Gasteiger partial charge in [0.25, 0.3) is 11.6 Å². The molecule has 29 heavy (non-hydrogen) atoms. The van der Waals surface area contributed by atoms with E-state index in [1.165, 1.54) is 25.1 Å². The quantitative estimate of drug-likeness (QED) is 0.625. The summed E-state index contributed by atoms with van der Waals surface area (Å²) in [6.45, 7) is 2.78. The van der Waals surface area contributed by atoms with Crippen LogP contribution in [0.15, 0.2) is 36.4 Å². The first-order chi connectivity index (χ1) is 13.9. The van der Waals surface area contributed by atoms with Gasteiger partial charge in [0.05, 0.1) is 11.0 Å². The molecule has 0 spiro atoms. The number of anilines is 1. The van der Waals surface area contributed by atoms with Gasteiger partial charge in [-0.2, -0.15) is 0 Å². The Morgan fingerprint density at radius 2 is 1.97 bits per heavy atom. The highest BCUT2D eigenvalue weighted by molar-refractivity contribution is 6.00. The van der Waals surface area contributed by atoms with E-state index in [-0.39, 0.29) is 23.6 Å². The van der Waals surface area contributed by atoms with Gasteiger partial charge < -0.3 is 19.7 Å². The van der Waals surface area contributed by atoms with Gasteiger partial charge >= 0.3 is 0 Å². The summed E-state index contributed by atoms with van der Waals surface area (Å²) >= 11 is 0. The highest BCUT2D eigenvalue weighted by Crippen LogP contribution is 2.35. The molecule has 0 bridgehead atoms. The van der Waals surface area contributed by atoms with Gasteiger partial charge in [-0.15, -0.1) is 0 Å². The molecule has 2 amide bonds. The van der Waals surface area contributed by atoms with Gasteiger partial charge in [-0.25, -0.2) is 0 Å². The van der Waals surface area contributed by atoms with Crippen molar-refractivity contribution >= 4 is 23.2 Å². The minimum Gasteiger partial charge on any atom is -0.486 e. The Hall–Kier alpha value is -3.62. The summed E-state index contributed by atoms with van der Waals surface area (Å²) in [5.41, 5.74) is 1.08. The number of nitro benzene ring substituents is 1. The zero-order chi connectivity index (χ0) is 20.5. The third kappa shape index (κ3) is 3.58. The maximum absolute atomic E-state index is 12.6. The van der Waals surface area contributed by atoms with Crippen LogP contribution in [0.4, 0.5) is 11.4 Å². The van der Waals surface area contributed by atoms with Crippen LogP contribution < -0.4 is 19.7 Å². The summed E-state index contributed by atoms with van der Waals surface area (Å²) < 4.78 is 11.1. The lowest BCUT2D eigenvalue weighted by molar-refractivity contribution is -0.385. The number of nitrogens with zero attached hydrogens (tertiary/aromatic N) is 2. The topological polar surface area (TPSA) is 111 Å². The van der Waals surface area contributed by atoms with Crippen molar-refractivity contribution in [1.82, 2.24) is 5.32 Å². The summed E-state index contributed by atoms with van der Waals surface area (Å²) in [6, 6.07) is 9.25. The lowest BCUT2D eigenvalue weighted by Gasteiger charge is -2.22. The molecular formula is C20H19N3O6. The molecule has 1 atom stereocenters. The fraction of sp³-hybridized carbons (Fsp3) is 0.300. The first kappa shape index (κ1) is 18.7. The SMILES string of the molecule is Cc1c(C(=O)N[C@@H]2CC(=O)N(c3ccc4c(c3)OCCO4)C2)cccc1[N+](=O)[O-]. The van der Waals surface area contributed by atoms with E-state index in [9.17, 15) is 19.7 Å². The van der Waals surface area contributed by atoms with E-state index < -0.39 is 16.9 Å². The molecule has 2 aliphatic heterocycles. The molecule has 2 aromatic rings. The van der Waals surface area contributed by atoms with Gasteiger partial charge in [0.2, 0.25) is 5.91 Å². The summed E-state index contributed by atoms with van der Waals surface area (Å²) in [6.07, 6.45) is 0.147. The first-order valence-corrected chi connectivity index (χ1v) is 9.19. The van der Waals surface area contributed by atoms with Crippen molar-refractivity contribution < 1.29 is 24.0 Å². The van der Waals surface area contributed by atoms with Crippen LogP contribution in [0.25, 0.3) is 0 Å². The second kappa shape index (κ2) is 7.42. The van der Waals surface area contributed by atoms with E-state index in [4.69, 9.17) is 9.47 Å². The number of nitrogens with one attached hydrogen (secondary N) is 1. The number of carbonyl (C=O) groups is 2. The molecule has 2 aliphatic rings. The molecule has 0 radical (unpaired) electrons. The highest BCUT2D eigenvalue weighted by atomic mass is 16.6. The molecule has 0 aromatic heterocycles. The van der Waals surface area contributed by atoms with E-state index >= 15 is 0 Å². The lowest BCUT2D eigenvalue weighted by Crippen LogP contribution is -2.37. The van der Waals surface area contributed by atoms with Crippen molar-refractivity contribution in [3.8, 4) is 11.5 Å². The number of rotatable bonds is 4. The molecular weight excluding hydrogens is 378 g/mol. The molecule has 0 unspecified atom stereocenters. The van der Waals surface area contributed by atoms with Gasteiger partial charge in [-0.1, -0.05) is 6.07 Å². The van der Waals surface area contributed by atoms with Crippen molar-refractivity contribution in [3.63, 3.8) is 0 Å². The third-order valence-corrected chi connectivity index (χ3v) is 5.04. The highest BCUT2D eigenvalue weighted by Gasteiger charge is 2.33. The third-order valence-electron chi connectivity index (χ3n) is 5.04. The molecule has 0 saturated carbocycles. The summed E-state index contributed by atoms with van der Waals surface area (Å²) in [4.78, 5) is 37.3. The minimum atomic E-state index is -0.519. The van der Waals surface area contributed by atoms with Crippen LogP contribution in [0.5, 0.6) is 11.5 Å². The van der Waals surface area contributed by atoms with Crippen molar-refractivity contribution in [2.75, 3.05) is 24.7 Å². The van der Waals surface area contributed by atoms with Crippen LogP contribution in [0, 0.1) is 17.0 Å². The Kier molecular flexibility index (Phi) is 4.79. The van der Waals surface area contributed by atoms with E-state index in [1.54, 1.807) is 23.1 Å². The Labute approximate surface area is 166 Å². The molecule has 0 aliphatic carbocycles. The van der Waals surface area contributed by atoms with Gasteiger partial charge in [-0.05, 0) is 25.1 Å². The standard InChI is InChI=1S/C20H19N3O6/c1-12-15(3-2-4-16(12)23(26)27)20(25)21-13-9-19(24)22(11-13)14-5-6-17-18(10-14)29-8-7-28-17/h2-6,10,13H,7-9,11H2,1H3,(H,21,25)/t13-/m1/s1. The van der Waals surface area contributed by atoms with Crippen molar-refractivity contribution in [1.29, 1.82) is 0 Å². The predicted molar refractivity (Wildman–Crippen MR) is 103 cm³/mol. The second-order valence-corrected chi connectivity index (χ2v) is 6.91. The molecule has 9 heteroatoms. The molecule has 2 aromatic carbocycles. The number of fused-ring (bicyclic) bond motifs is 1. The smallest absolute Gasteiger partial charge is 0.273 e. The van der Waals surface area contributed by atoms with Crippen LogP contribution >= 0.6 is 0 Å². The Morgan fingerprint density at radius 3 is 2.72 bits per heavy atom. The number of benzene rings is 2. The van der Waals surface area contributed by atoms with E-state index in [0.717, 1.165) is 0 Å². The van der Waals surface area contributed by atoms with Gasteiger partial charge in [0.1, 0.15) is 13.2 Å². The predicted octanol–water partition coefficient (Wildman–Crippen LogP) is 2.21.